The van der Waals surface area contributed by atoms with E-state index < -0.39 is 52.7 Å². The zero-order chi connectivity index (χ0) is 49.8. The van der Waals surface area contributed by atoms with Gasteiger partial charge >= 0.3 is 18.1 Å². The van der Waals surface area contributed by atoms with Gasteiger partial charge in [-0.2, -0.15) is 5.26 Å². The van der Waals surface area contributed by atoms with Gasteiger partial charge in [0.25, 0.3) is 0 Å². The minimum Gasteiger partial charge on any atom is -0.504 e. The number of hydrogen-bond donors (Lipinski definition) is 2. The number of benzene rings is 3. The van der Waals surface area contributed by atoms with Crippen LogP contribution in [0.2, 0.25) is 0 Å². The van der Waals surface area contributed by atoms with E-state index in [1.807, 2.05) is 26.0 Å². The lowest BCUT2D eigenvalue weighted by Crippen LogP contribution is -2.70. The van der Waals surface area contributed by atoms with Gasteiger partial charge in [-0.25, -0.2) is 9.59 Å². The normalized spacial score (nSPS) is 25.3. The maximum absolute atomic E-state index is 15.3. The van der Waals surface area contributed by atoms with Crippen LogP contribution in [0.4, 0.5) is 4.79 Å². The van der Waals surface area contributed by atoms with Crippen molar-refractivity contribution in [3.05, 3.63) is 75.4 Å². The highest BCUT2D eigenvalue weighted by Crippen LogP contribution is 2.65. The summed E-state index contributed by atoms with van der Waals surface area (Å²) in [4.78, 5) is 46.8. The highest BCUT2D eigenvalue weighted by molar-refractivity contribution is 7.99. The zero-order valence-corrected chi connectivity index (χ0v) is 42.2. The van der Waals surface area contributed by atoms with Crippen LogP contribution in [0.25, 0.3) is 0 Å². The van der Waals surface area contributed by atoms with Crippen LogP contribution >= 0.6 is 11.8 Å². The zero-order valence-electron chi connectivity index (χ0n) is 41.4. The molecule has 7 aliphatic heterocycles. The number of carbonyl (C=O) groups is 3. The Kier molecular flexibility index (Phi) is 13.7. The van der Waals surface area contributed by atoms with Crippen molar-refractivity contribution in [1.29, 1.82) is 5.26 Å². The number of esters is 2. The molecule has 7 aliphatic rings. The number of phenolic OH excluding ortho intramolecular Hbond substituents is 1. The van der Waals surface area contributed by atoms with Gasteiger partial charge in [0.15, 0.2) is 40.0 Å². The smallest absolute Gasteiger partial charge is 0.504 e. The van der Waals surface area contributed by atoms with E-state index >= 15 is 4.79 Å². The van der Waals surface area contributed by atoms with Crippen LogP contribution in [0, 0.1) is 25.2 Å². The summed E-state index contributed by atoms with van der Waals surface area (Å²) in [5.41, 5.74) is 3.30. The summed E-state index contributed by atoms with van der Waals surface area (Å²) in [6.45, 7) is 15.8. The molecule has 16 nitrogen and oxygen atoms in total. The molecule has 1 unspecified atom stereocenters. The summed E-state index contributed by atoms with van der Waals surface area (Å²) < 4.78 is 48.7. The maximum atomic E-state index is 15.3. The number of thioether (sulfide) groups is 1. The summed E-state index contributed by atoms with van der Waals surface area (Å²) in [7, 11) is 3.00. The van der Waals surface area contributed by atoms with Crippen LogP contribution in [-0.2, 0) is 37.4 Å². The number of nitrogens with zero attached hydrogens (tertiary/aromatic N) is 3. The summed E-state index contributed by atoms with van der Waals surface area (Å²) in [5, 5.41) is 26.8. The second-order valence-electron chi connectivity index (χ2n) is 20.0. The van der Waals surface area contributed by atoms with Crippen molar-refractivity contribution in [2.24, 2.45) is 0 Å². The van der Waals surface area contributed by atoms with E-state index in [1.165, 1.54) is 26.0 Å². The SMILES string of the molecule is C=CCN1[C@@H]2c3c(cc(C)c(OC)c3O)C[C@H]1[C@H](C#N)N1C2[C@@H]2SC[C@]3(NCCc4cc(OC(=O)OC(C)(C)C)c(OC)cc43)C(=O)OC[C@H]1c1c3c(c(C)c(OC(=O)CCCCCCC)c12)OCO3. The Morgan fingerprint density at radius 1 is 1.00 bits per heavy atom. The number of nitrogens with one attached hydrogen (secondary N) is 1. The summed E-state index contributed by atoms with van der Waals surface area (Å²) >= 11 is 1.47. The maximum Gasteiger partial charge on any atom is 0.514 e. The average molecular weight is 981 g/mol. The highest BCUT2D eigenvalue weighted by atomic mass is 32.2. The molecule has 70 heavy (non-hydrogen) atoms. The van der Waals surface area contributed by atoms with E-state index in [1.54, 1.807) is 32.9 Å². The fraction of sp³-hybridized carbons (Fsp3) is 0.547. The van der Waals surface area contributed by atoms with Gasteiger partial charge in [0.05, 0.1) is 37.6 Å². The van der Waals surface area contributed by atoms with E-state index in [4.69, 9.17) is 37.9 Å². The summed E-state index contributed by atoms with van der Waals surface area (Å²) in [6.07, 6.45) is 6.79. The third kappa shape index (κ3) is 8.37. The van der Waals surface area contributed by atoms with Crippen LogP contribution in [0.3, 0.4) is 0 Å². The van der Waals surface area contributed by atoms with Gasteiger partial charge in [0.2, 0.25) is 6.79 Å². The Morgan fingerprint density at radius 3 is 2.49 bits per heavy atom. The van der Waals surface area contributed by atoms with Gasteiger partial charge in [-0.3, -0.25) is 19.9 Å². The van der Waals surface area contributed by atoms with Gasteiger partial charge in [-0.1, -0.05) is 44.7 Å². The first-order valence-corrected chi connectivity index (χ1v) is 25.4. The number of aryl methyl sites for hydroxylation is 1. The van der Waals surface area contributed by atoms with E-state index in [0.29, 0.717) is 83.2 Å². The van der Waals surface area contributed by atoms with Crippen molar-refractivity contribution >= 4 is 29.9 Å². The second-order valence-corrected chi connectivity index (χ2v) is 21.1. The quantitative estimate of drug-likeness (QED) is 0.0578. The molecule has 1 spiro atoms. The van der Waals surface area contributed by atoms with Gasteiger partial charge in [-0.05, 0) is 88.3 Å². The van der Waals surface area contributed by atoms with Crippen LogP contribution in [0.15, 0.2) is 30.9 Å². The molecule has 0 saturated carbocycles. The third-order valence-corrected chi connectivity index (χ3v) is 16.1. The predicted octanol–water partition coefficient (Wildman–Crippen LogP) is 8.49. The molecule has 7 atom stereocenters. The van der Waals surface area contributed by atoms with Crippen LogP contribution in [0.5, 0.6) is 40.2 Å². The Balaban J connectivity index is 1.26. The number of hydrogen-bond acceptors (Lipinski definition) is 17. The molecule has 0 aliphatic carbocycles. The first-order valence-electron chi connectivity index (χ1n) is 24.4. The number of piperazine rings is 1. The summed E-state index contributed by atoms with van der Waals surface area (Å²) in [6, 6.07) is 5.03. The minimum atomic E-state index is -1.47. The molecule has 10 rings (SSSR count). The number of aromatic hydroxyl groups is 1. The minimum absolute atomic E-state index is 0.0161. The fourth-order valence-corrected chi connectivity index (χ4v) is 13.4. The molecule has 4 bridgehead atoms. The average Bonchev–Trinajstić information content (AvgIpc) is 3.81. The molecule has 7 heterocycles. The number of phenols is 1. The molecular weight excluding hydrogens is 917 g/mol. The number of nitriles is 1. The Bertz CT molecular complexity index is 2640. The topological polar surface area (TPSA) is 188 Å². The molecular formula is C53H64N4O12S. The van der Waals surface area contributed by atoms with Crippen molar-refractivity contribution in [2.45, 2.75) is 140 Å². The van der Waals surface area contributed by atoms with Crippen molar-refractivity contribution in [1.82, 2.24) is 15.1 Å². The predicted molar refractivity (Wildman–Crippen MR) is 260 cm³/mol. The van der Waals surface area contributed by atoms with Crippen LogP contribution < -0.4 is 33.7 Å². The highest BCUT2D eigenvalue weighted by Gasteiger charge is 2.62. The number of ether oxygens (including phenoxy) is 8. The molecule has 0 aromatic heterocycles. The standard InChI is InChI=1S/C53H64N4O12S/c1-10-12-13-14-15-16-38(58)68-46-29(4)47-48(66-27-65-47)40-35-25-64-50(60)53(32-23-36(62-8)37(22-30(32)17-18-55-53)67-51(61)69-52(5,6)7)26-70-49(41(40)46)43-42-39-31(20-28(3)45(63-9)44(39)59)21-33(56(42)19-11-2)34(24-54)57(35)43/h11,20,22-23,33-35,42-43,49,55,59H,2,10,12-19,21,25-27H2,1,3-9H3/t33-,34-,35-,42+,43?,49+,53+/m0/s1. The lowest BCUT2D eigenvalue weighted by atomic mass is 9.71. The van der Waals surface area contributed by atoms with E-state index in [0.717, 1.165) is 42.4 Å². The van der Waals surface area contributed by atoms with Gasteiger partial charge in [-0.15, -0.1) is 18.3 Å². The molecule has 2 saturated heterocycles. The molecule has 17 heteroatoms. The number of rotatable bonds is 12. The van der Waals surface area contributed by atoms with E-state index in [2.05, 4.69) is 34.7 Å². The second kappa shape index (κ2) is 19.5. The number of fused-ring (bicyclic) bond motifs is 9. The van der Waals surface area contributed by atoms with E-state index in [-0.39, 0.29) is 54.8 Å². The largest absolute Gasteiger partial charge is 0.514 e. The molecule has 3 aromatic carbocycles. The van der Waals surface area contributed by atoms with Gasteiger partial charge in [0, 0.05) is 59.6 Å². The molecule has 0 amide bonds. The Labute approximate surface area is 413 Å². The molecule has 0 radical (unpaired) electrons. The number of methoxy groups -OCH3 is 2. The van der Waals surface area contributed by atoms with Crippen molar-refractivity contribution in [2.75, 3.05) is 46.5 Å². The first-order chi connectivity index (χ1) is 33.6. The first kappa shape index (κ1) is 49.3. The lowest BCUT2D eigenvalue weighted by Gasteiger charge is -2.62. The lowest BCUT2D eigenvalue weighted by molar-refractivity contribution is -0.157. The molecule has 374 valence electrons. The molecule has 3 aromatic rings. The van der Waals surface area contributed by atoms with Crippen LogP contribution in [-0.4, -0.2) is 103 Å². The van der Waals surface area contributed by atoms with Crippen molar-refractivity contribution < 1.29 is 57.4 Å². The third-order valence-electron chi connectivity index (χ3n) is 14.6. The van der Waals surface area contributed by atoms with Crippen molar-refractivity contribution in [3.63, 3.8) is 0 Å². The van der Waals surface area contributed by atoms with Gasteiger partial charge in [0.1, 0.15) is 24.0 Å². The Morgan fingerprint density at radius 2 is 1.77 bits per heavy atom. The van der Waals surface area contributed by atoms with Crippen molar-refractivity contribution in [3.8, 4) is 46.3 Å². The summed E-state index contributed by atoms with van der Waals surface area (Å²) in [5.74, 6) is 1.10. The fourth-order valence-electron chi connectivity index (χ4n) is 11.8. The molecule has 2 fully saturated rings. The van der Waals surface area contributed by atoms with Gasteiger partial charge < -0.3 is 43.0 Å². The number of unbranched alkanes of at least 4 members (excludes halogenated alkanes) is 4. The van der Waals surface area contributed by atoms with Crippen LogP contribution in [0.1, 0.15) is 128 Å². The monoisotopic (exact) mass is 980 g/mol. The number of carbonyl (C=O) groups excluding carboxylic acids is 3. The van der Waals surface area contributed by atoms with E-state index in [9.17, 15) is 20.0 Å². The Hall–Kier alpha value is -5.67. The molecule has 2 N–H and O–H groups in total.